The standard InChI is InChI=1S/C8H3BrF3N3S/c9-7-14-15-8(16-7)13-6-2-4(11)3(10)1-5(6)12/h1-2H,(H,13,15). The Bertz CT molecular complexity index is 531. The minimum atomic E-state index is -1.23. The third-order valence-electron chi connectivity index (χ3n) is 1.65. The summed E-state index contributed by atoms with van der Waals surface area (Å²) >= 11 is 4.17. The Hall–Kier alpha value is -1.15. The quantitative estimate of drug-likeness (QED) is 0.863. The van der Waals surface area contributed by atoms with Crippen LogP contribution in [-0.4, -0.2) is 10.2 Å². The van der Waals surface area contributed by atoms with Crippen LogP contribution < -0.4 is 5.32 Å². The van der Waals surface area contributed by atoms with Crippen molar-refractivity contribution in [2.24, 2.45) is 0 Å². The van der Waals surface area contributed by atoms with Gasteiger partial charge in [0.25, 0.3) is 0 Å². The van der Waals surface area contributed by atoms with Crippen LogP contribution in [0.25, 0.3) is 0 Å². The topological polar surface area (TPSA) is 37.8 Å². The Morgan fingerprint density at radius 3 is 2.38 bits per heavy atom. The molecule has 0 fully saturated rings. The lowest BCUT2D eigenvalue weighted by Gasteiger charge is -2.03. The Morgan fingerprint density at radius 1 is 1.06 bits per heavy atom. The van der Waals surface area contributed by atoms with Gasteiger partial charge in [0.15, 0.2) is 15.6 Å². The largest absolute Gasteiger partial charge is 0.328 e. The molecule has 0 radical (unpaired) electrons. The molecular weight excluding hydrogens is 307 g/mol. The van der Waals surface area contributed by atoms with E-state index < -0.39 is 17.5 Å². The van der Waals surface area contributed by atoms with Gasteiger partial charge in [-0.15, -0.1) is 10.2 Å². The molecule has 3 nitrogen and oxygen atoms in total. The highest BCUT2D eigenvalue weighted by Crippen LogP contribution is 2.26. The maximum atomic E-state index is 13.2. The van der Waals surface area contributed by atoms with Crippen LogP contribution in [0.5, 0.6) is 0 Å². The molecule has 0 unspecified atom stereocenters. The lowest BCUT2D eigenvalue weighted by molar-refractivity contribution is 0.496. The molecule has 8 heteroatoms. The summed E-state index contributed by atoms with van der Waals surface area (Å²) in [7, 11) is 0. The molecule has 0 amide bonds. The molecule has 0 bridgehead atoms. The molecule has 1 aromatic carbocycles. The average molecular weight is 310 g/mol. The predicted molar refractivity (Wildman–Crippen MR) is 57.2 cm³/mol. The maximum absolute atomic E-state index is 13.2. The van der Waals surface area contributed by atoms with E-state index in [2.05, 4.69) is 31.4 Å². The van der Waals surface area contributed by atoms with E-state index in [4.69, 9.17) is 0 Å². The van der Waals surface area contributed by atoms with E-state index in [1.807, 2.05) is 0 Å². The van der Waals surface area contributed by atoms with Gasteiger partial charge in [0.05, 0.1) is 5.69 Å². The number of benzene rings is 1. The van der Waals surface area contributed by atoms with Gasteiger partial charge in [0.1, 0.15) is 5.82 Å². The van der Waals surface area contributed by atoms with Gasteiger partial charge >= 0.3 is 0 Å². The summed E-state index contributed by atoms with van der Waals surface area (Å²) in [6, 6.07) is 1.19. The molecule has 2 rings (SSSR count). The first-order valence-corrected chi connectivity index (χ1v) is 5.58. The Labute approximate surface area is 100 Å². The third-order valence-corrected chi connectivity index (χ3v) is 2.92. The van der Waals surface area contributed by atoms with Gasteiger partial charge in [-0.3, -0.25) is 0 Å². The van der Waals surface area contributed by atoms with Crippen molar-refractivity contribution >= 4 is 38.1 Å². The van der Waals surface area contributed by atoms with Crippen molar-refractivity contribution in [1.29, 1.82) is 0 Å². The van der Waals surface area contributed by atoms with E-state index in [1.54, 1.807) is 0 Å². The number of halogens is 4. The third kappa shape index (κ3) is 2.33. The van der Waals surface area contributed by atoms with Gasteiger partial charge in [-0.1, -0.05) is 11.3 Å². The van der Waals surface area contributed by atoms with Gasteiger partial charge in [0, 0.05) is 12.1 Å². The first-order chi connectivity index (χ1) is 7.56. The molecule has 1 aromatic heterocycles. The highest BCUT2D eigenvalue weighted by Gasteiger charge is 2.11. The van der Waals surface area contributed by atoms with Crippen molar-refractivity contribution in [2.45, 2.75) is 0 Å². The number of hydrogen-bond acceptors (Lipinski definition) is 4. The molecule has 0 aliphatic carbocycles. The summed E-state index contributed by atoms with van der Waals surface area (Å²) in [5.74, 6) is -3.26. The van der Waals surface area contributed by atoms with Crippen LogP contribution in [0.2, 0.25) is 0 Å². The molecule has 16 heavy (non-hydrogen) atoms. The van der Waals surface area contributed by atoms with E-state index >= 15 is 0 Å². The molecule has 1 heterocycles. The Balaban J connectivity index is 2.31. The maximum Gasteiger partial charge on any atom is 0.210 e. The summed E-state index contributed by atoms with van der Waals surface area (Å²) < 4.78 is 39.2. The molecule has 0 spiro atoms. The second-order valence-corrected chi connectivity index (χ2v) is 4.98. The normalized spacial score (nSPS) is 10.5. The number of aromatic nitrogens is 2. The molecule has 0 saturated heterocycles. The van der Waals surface area contributed by atoms with Gasteiger partial charge in [0.2, 0.25) is 5.13 Å². The summed E-state index contributed by atoms with van der Waals surface area (Å²) in [5, 5.41) is 10.0. The highest BCUT2D eigenvalue weighted by atomic mass is 79.9. The number of hydrogen-bond donors (Lipinski definition) is 1. The van der Waals surface area contributed by atoms with Crippen LogP contribution in [-0.2, 0) is 0 Å². The number of anilines is 2. The fraction of sp³-hybridized carbons (Fsp3) is 0. The van der Waals surface area contributed by atoms with Crippen molar-refractivity contribution < 1.29 is 13.2 Å². The van der Waals surface area contributed by atoms with E-state index in [0.717, 1.165) is 17.4 Å². The second kappa shape index (κ2) is 4.38. The van der Waals surface area contributed by atoms with Gasteiger partial charge in [-0.25, -0.2) is 13.2 Å². The molecule has 0 atom stereocenters. The molecule has 0 saturated carbocycles. The summed E-state index contributed by atoms with van der Waals surface area (Å²) in [6.07, 6.45) is 0. The smallest absolute Gasteiger partial charge is 0.210 e. The second-order valence-electron chi connectivity index (χ2n) is 2.73. The number of rotatable bonds is 2. The van der Waals surface area contributed by atoms with Crippen LogP contribution in [0.3, 0.4) is 0 Å². The Morgan fingerprint density at radius 2 is 1.75 bits per heavy atom. The number of nitrogens with zero attached hydrogens (tertiary/aromatic N) is 2. The highest BCUT2D eigenvalue weighted by molar-refractivity contribution is 9.11. The molecular formula is C8H3BrF3N3S. The minimum Gasteiger partial charge on any atom is -0.328 e. The molecule has 84 valence electrons. The predicted octanol–water partition coefficient (Wildman–Crippen LogP) is 3.46. The molecule has 0 aliphatic rings. The van der Waals surface area contributed by atoms with Crippen LogP contribution >= 0.6 is 27.3 Å². The van der Waals surface area contributed by atoms with Crippen molar-refractivity contribution in [1.82, 2.24) is 10.2 Å². The molecule has 1 N–H and O–H groups in total. The fourth-order valence-corrected chi connectivity index (χ4v) is 2.01. The summed E-state index contributed by atoms with van der Waals surface area (Å²) in [5.41, 5.74) is -0.192. The van der Waals surface area contributed by atoms with Crippen LogP contribution in [0.15, 0.2) is 16.0 Å². The first-order valence-electron chi connectivity index (χ1n) is 3.97. The minimum absolute atomic E-state index is 0.192. The van der Waals surface area contributed by atoms with Crippen molar-refractivity contribution in [2.75, 3.05) is 5.32 Å². The van der Waals surface area contributed by atoms with Gasteiger partial charge in [-0.2, -0.15) is 0 Å². The fourth-order valence-electron chi connectivity index (χ4n) is 0.989. The van der Waals surface area contributed by atoms with Gasteiger partial charge < -0.3 is 5.32 Å². The van der Waals surface area contributed by atoms with Crippen molar-refractivity contribution in [3.05, 3.63) is 33.5 Å². The van der Waals surface area contributed by atoms with Crippen LogP contribution in [0.1, 0.15) is 0 Å². The zero-order valence-corrected chi connectivity index (χ0v) is 9.87. The monoisotopic (exact) mass is 309 g/mol. The lowest BCUT2D eigenvalue weighted by atomic mass is 10.3. The van der Waals surface area contributed by atoms with Gasteiger partial charge in [-0.05, 0) is 15.9 Å². The zero-order chi connectivity index (χ0) is 11.7. The van der Waals surface area contributed by atoms with E-state index in [9.17, 15) is 13.2 Å². The number of nitrogens with one attached hydrogen (secondary N) is 1. The zero-order valence-electron chi connectivity index (χ0n) is 7.47. The van der Waals surface area contributed by atoms with Crippen molar-refractivity contribution in [3.63, 3.8) is 0 Å². The van der Waals surface area contributed by atoms with E-state index in [0.29, 0.717) is 9.98 Å². The van der Waals surface area contributed by atoms with Crippen LogP contribution in [0.4, 0.5) is 24.0 Å². The van der Waals surface area contributed by atoms with E-state index in [1.165, 1.54) is 0 Å². The van der Waals surface area contributed by atoms with Crippen LogP contribution in [0, 0.1) is 17.5 Å². The van der Waals surface area contributed by atoms with Crippen molar-refractivity contribution in [3.8, 4) is 0 Å². The van der Waals surface area contributed by atoms with E-state index in [-0.39, 0.29) is 10.8 Å². The SMILES string of the molecule is Fc1cc(F)c(Nc2nnc(Br)s2)cc1F. The summed E-state index contributed by atoms with van der Waals surface area (Å²) in [4.78, 5) is 0. The Kier molecular flexibility index (Phi) is 3.10. The molecule has 0 aliphatic heterocycles. The first kappa shape index (κ1) is 11.3. The lowest BCUT2D eigenvalue weighted by Crippen LogP contribution is -1.96. The average Bonchev–Trinajstić information content (AvgIpc) is 2.60. The summed E-state index contributed by atoms with van der Waals surface area (Å²) in [6.45, 7) is 0. The molecule has 2 aromatic rings.